The number of rotatable bonds is 8. The van der Waals surface area contributed by atoms with Crippen molar-refractivity contribution in [1.82, 2.24) is 4.90 Å². The van der Waals surface area contributed by atoms with Gasteiger partial charge in [0.1, 0.15) is 5.75 Å². The van der Waals surface area contributed by atoms with Gasteiger partial charge in [-0.1, -0.05) is 0 Å². The molecule has 2 aliphatic rings. The molecule has 2 aliphatic heterocycles. The summed E-state index contributed by atoms with van der Waals surface area (Å²) in [5.74, 6) is -2.77. The third kappa shape index (κ3) is 9.09. The fourth-order valence-corrected chi connectivity index (χ4v) is 3.44. The van der Waals surface area contributed by atoms with Crippen LogP contribution in [0.25, 0.3) is 0 Å². The first kappa shape index (κ1) is 24.9. The molecule has 31 heavy (non-hydrogen) atoms. The maximum Gasteiger partial charge on any atom is 0.414 e. The van der Waals surface area contributed by atoms with Crippen molar-refractivity contribution >= 4 is 17.6 Å². The number of ether oxygens (including phenoxy) is 3. The van der Waals surface area contributed by atoms with Crippen molar-refractivity contribution in [2.24, 2.45) is 0 Å². The van der Waals surface area contributed by atoms with E-state index in [9.17, 15) is 5.11 Å². The molecule has 0 amide bonds. The number of aliphatic hydroxyl groups excluding tert-OH is 1. The number of aliphatic carboxylic acids is 2. The van der Waals surface area contributed by atoms with Crippen molar-refractivity contribution in [3.8, 4) is 5.75 Å². The minimum absolute atomic E-state index is 0.222. The van der Waals surface area contributed by atoms with Gasteiger partial charge >= 0.3 is 11.9 Å². The molecule has 2 atom stereocenters. The fraction of sp³-hybridized carbons (Fsp3) is 0.619. The fourth-order valence-electron chi connectivity index (χ4n) is 3.44. The van der Waals surface area contributed by atoms with Crippen LogP contribution in [-0.2, 0) is 19.1 Å². The number of hydrogen-bond acceptors (Lipinski definition) is 8. The molecule has 2 saturated heterocycles. The molecule has 3 N–H and O–H groups in total. The highest BCUT2D eigenvalue weighted by Crippen LogP contribution is 2.20. The summed E-state index contributed by atoms with van der Waals surface area (Å²) >= 11 is 0. The van der Waals surface area contributed by atoms with Crippen molar-refractivity contribution in [3.63, 3.8) is 0 Å². The minimum atomic E-state index is -1.82. The van der Waals surface area contributed by atoms with Gasteiger partial charge in [0.05, 0.1) is 32.5 Å². The topological polar surface area (TPSA) is 129 Å². The second-order valence-electron chi connectivity index (χ2n) is 7.42. The summed E-state index contributed by atoms with van der Waals surface area (Å²) in [6, 6.07) is 8.19. The van der Waals surface area contributed by atoms with Crippen molar-refractivity contribution in [3.05, 3.63) is 24.3 Å². The van der Waals surface area contributed by atoms with Crippen LogP contribution in [0.4, 0.5) is 5.69 Å². The summed E-state index contributed by atoms with van der Waals surface area (Å²) in [7, 11) is 1.68. The Morgan fingerprint density at radius 2 is 1.77 bits per heavy atom. The van der Waals surface area contributed by atoms with Gasteiger partial charge in [-0.25, -0.2) is 9.59 Å². The number of anilines is 1. The molecule has 0 bridgehead atoms. The summed E-state index contributed by atoms with van der Waals surface area (Å²) in [4.78, 5) is 22.9. The quantitative estimate of drug-likeness (QED) is 0.492. The van der Waals surface area contributed by atoms with Crippen LogP contribution in [-0.4, -0.2) is 104 Å². The zero-order valence-electron chi connectivity index (χ0n) is 17.8. The zero-order chi connectivity index (χ0) is 22.6. The first-order valence-electron chi connectivity index (χ1n) is 10.3. The molecule has 1 aromatic rings. The van der Waals surface area contributed by atoms with E-state index in [0.29, 0.717) is 19.8 Å². The molecule has 0 aliphatic carbocycles. The smallest absolute Gasteiger partial charge is 0.414 e. The highest BCUT2D eigenvalue weighted by atomic mass is 16.5. The van der Waals surface area contributed by atoms with E-state index in [0.717, 1.165) is 51.4 Å². The van der Waals surface area contributed by atoms with E-state index in [1.54, 1.807) is 7.11 Å². The van der Waals surface area contributed by atoms with Gasteiger partial charge in [0, 0.05) is 45.0 Å². The Morgan fingerprint density at radius 3 is 2.29 bits per heavy atom. The number of carbonyl (C=O) groups is 2. The average molecular weight is 440 g/mol. The molecule has 1 aromatic carbocycles. The van der Waals surface area contributed by atoms with Crippen LogP contribution >= 0.6 is 0 Å². The summed E-state index contributed by atoms with van der Waals surface area (Å²) < 4.78 is 16.3. The minimum Gasteiger partial charge on any atom is -0.497 e. The normalized spacial score (nSPS) is 19.9. The Morgan fingerprint density at radius 1 is 1.13 bits per heavy atom. The van der Waals surface area contributed by atoms with E-state index in [1.165, 1.54) is 5.69 Å². The number of carboxylic acids is 2. The number of carboxylic acid groups (broad SMARTS) is 2. The molecule has 0 spiro atoms. The Hall–Kier alpha value is -2.40. The van der Waals surface area contributed by atoms with E-state index in [-0.39, 0.29) is 6.10 Å². The van der Waals surface area contributed by atoms with Gasteiger partial charge in [0.15, 0.2) is 0 Å². The van der Waals surface area contributed by atoms with Crippen LogP contribution in [0.2, 0.25) is 0 Å². The van der Waals surface area contributed by atoms with Crippen LogP contribution < -0.4 is 9.64 Å². The lowest BCUT2D eigenvalue weighted by Crippen LogP contribution is -2.49. The standard InChI is InChI=1S/C19H30N2O4.C2H2O4/c1-23-18-6-4-16(5-7-18)21-10-8-20(9-11-21)13-17(22)14-24-15-19-3-2-12-25-19;3-1(4)2(5)6/h4-7,17,19,22H,2-3,8-15H2,1H3;(H,3,4)(H,5,6). The summed E-state index contributed by atoms with van der Waals surface area (Å²) in [5.41, 5.74) is 1.22. The maximum atomic E-state index is 10.2. The van der Waals surface area contributed by atoms with Crippen molar-refractivity contribution < 1.29 is 39.1 Å². The summed E-state index contributed by atoms with van der Waals surface area (Å²) in [6.45, 7) is 6.34. The predicted molar refractivity (Wildman–Crippen MR) is 113 cm³/mol. The second kappa shape index (κ2) is 13.1. The lowest BCUT2D eigenvalue weighted by Gasteiger charge is -2.37. The molecular weight excluding hydrogens is 408 g/mol. The van der Waals surface area contributed by atoms with Crippen LogP contribution in [0.3, 0.4) is 0 Å². The molecule has 2 fully saturated rings. The molecule has 0 saturated carbocycles. The lowest BCUT2D eigenvalue weighted by atomic mass is 10.2. The maximum absolute atomic E-state index is 10.2. The first-order chi connectivity index (χ1) is 14.9. The van der Waals surface area contributed by atoms with Gasteiger partial charge in [0.25, 0.3) is 0 Å². The van der Waals surface area contributed by atoms with Crippen LogP contribution in [0.1, 0.15) is 12.8 Å². The SMILES string of the molecule is COc1ccc(N2CCN(CC(O)COCC3CCCO3)CC2)cc1.O=C(O)C(=O)O. The van der Waals surface area contributed by atoms with Crippen LogP contribution in [0.5, 0.6) is 5.75 Å². The van der Waals surface area contributed by atoms with Gasteiger partial charge in [-0.15, -0.1) is 0 Å². The van der Waals surface area contributed by atoms with E-state index >= 15 is 0 Å². The Labute approximate surface area is 181 Å². The highest BCUT2D eigenvalue weighted by Gasteiger charge is 2.20. The number of benzene rings is 1. The van der Waals surface area contributed by atoms with E-state index in [1.807, 2.05) is 12.1 Å². The van der Waals surface area contributed by atoms with Gasteiger partial charge < -0.3 is 34.4 Å². The van der Waals surface area contributed by atoms with Crippen molar-refractivity contribution in [2.45, 2.75) is 25.0 Å². The van der Waals surface area contributed by atoms with Gasteiger partial charge in [-0.2, -0.15) is 0 Å². The van der Waals surface area contributed by atoms with Gasteiger partial charge in [-0.3, -0.25) is 4.90 Å². The number of aliphatic hydroxyl groups is 1. The Kier molecular flexibility index (Phi) is 10.5. The molecule has 2 heterocycles. The monoisotopic (exact) mass is 440 g/mol. The Bertz CT molecular complexity index is 658. The summed E-state index contributed by atoms with van der Waals surface area (Å²) in [6.07, 6.45) is 1.98. The van der Waals surface area contributed by atoms with Crippen molar-refractivity contribution in [2.75, 3.05) is 64.6 Å². The highest BCUT2D eigenvalue weighted by molar-refractivity contribution is 6.27. The molecule has 0 aromatic heterocycles. The summed E-state index contributed by atoms with van der Waals surface area (Å²) in [5, 5.41) is 25.0. The molecule has 10 nitrogen and oxygen atoms in total. The second-order valence-corrected chi connectivity index (χ2v) is 7.42. The molecule has 174 valence electrons. The number of β-amino-alcohol motifs (C(OH)–C–C–N with tert-alkyl or cyclic N) is 1. The van der Waals surface area contributed by atoms with E-state index in [4.69, 9.17) is 34.0 Å². The third-order valence-corrected chi connectivity index (χ3v) is 5.10. The van der Waals surface area contributed by atoms with E-state index < -0.39 is 18.0 Å². The van der Waals surface area contributed by atoms with Crippen LogP contribution in [0.15, 0.2) is 24.3 Å². The van der Waals surface area contributed by atoms with E-state index in [2.05, 4.69) is 21.9 Å². The average Bonchev–Trinajstić information content (AvgIpc) is 3.28. The van der Waals surface area contributed by atoms with Crippen LogP contribution in [0, 0.1) is 0 Å². The number of hydrogen-bond donors (Lipinski definition) is 3. The first-order valence-corrected chi connectivity index (χ1v) is 10.3. The zero-order valence-corrected chi connectivity index (χ0v) is 17.8. The number of nitrogens with zero attached hydrogens (tertiary/aromatic N) is 2. The molecule has 3 rings (SSSR count). The number of methoxy groups -OCH3 is 1. The van der Waals surface area contributed by atoms with Crippen molar-refractivity contribution in [1.29, 1.82) is 0 Å². The van der Waals surface area contributed by atoms with Gasteiger partial charge in [-0.05, 0) is 37.1 Å². The van der Waals surface area contributed by atoms with Gasteiger partial charge in [0.2, 0.25) is 0 Å². The molecular formula is C21H32N2O8. The largest absolute Gasteiger partial charge is 0.497 e. The molecule has 0 radical (unpaired) electrons. The Balaban J connectivity index is 0.000000501. The molecule has 10 heteroatoms. The third-order valence-electron chi connectivity index (χ3n) is 5.10. The predicted octanol–water partition coefficient (Wildman–Crippen LogP) is 0.529. The lowest BCUT2D eigenvalue weighted by molar-refractivity contribution is -0.159. The number of piperazine rings is 1. The molecule has 2 unspecified atom stereocenters.